The molecule has 4 heteroatoms. The first-order valence-electron chi connectivity index (χ1n) is 6.42. The van der Waals surface area contributed by atoms with Crippen LogP contribution in [0.1, 0.15) is 18.4 Å². The van der Waals surface area contributed by atoms with E-state index in [4.69, 9.17) is 4.74 Å². The van der Waals surface area contributed by atoms with Crippen LogP contribution in [0.4, 0.5) is 0 Å². The largest absolute Gasteiger partial charge is 0.497 e. The molecule has 98 valence electrons. The molecule has 0 amide bonds. The topological polar surface area (TPSA) is 36.9 Å². The molecule has 0 unspecified atom stereocenters. The lowest BCUT2D eigenvalue weighted by Crippen LogP contribution is -2.39. The van der Waals surface area contributed by atoms with Gasteiger partial charge in [0.05, 0.1) is 7.11 Å². The van der Waals surface area contributed by atoms with Gasteiger partial charge < -0.3 is 15.0 Å². The van der Waals surface area contributed by atoms with Gasteiger partial charge in [-0.3, -0.25) is 4.99 Å². The van der Waals surface area contributed by atoms with Crippen LogP contribution in [0.5, 0.6) is 5.75 Å². The van der Waals surface area contributed by atoms with E-state index in [1.54, 1.807) is 7.11 Å². The minimum Gasteiger partial charge on any atom is -0.497 e. The van der Waals surface area contributed by atoms with Gasteiger partial charge in [-0.25, -0.2) is 0 Å². The number of hydrogen-bond donors (Lipinski definition) is 1. The van der Waals surface area contributed by atoms with Crippen LogP contribution in [0, 0.1) is 0 Å². The highest BCUT2D eigenvalue weighted by Gasteiger charge is 2.15. The van der Waals surface area contributed by atoms with Gasteiger partial charge >= 0.3 is 0 Å². The van der Waals surface area contributed by atoms with Crippen LogP contribution < -0.4 is 10.1 Å². The molecule has 1 aliphatic heterocycles. The maximum Gasteiger partial charge on any atom is 0.193 e. The van der Waals surface area contributed by atoms with Crippen molar-refractivity contribution >= 4 is 5.96 Å². The van der Waals surface area contributed by atoms with Crippen molar-refractivity contribution in [3.8, 4) is 5.75 Å². The van der Waals surface area contributed by atoms with Crippen molar-refractivity contribution in [2.45, 2.75) is 19.4 Å². The molecule has 1 saturated heterocycles. The maximum atomic E-state index is 5.22. The number of rotatable bonds is 3. The SMILES string of the molecule is CN=C(NCc1cccc(OC)c1)N1CCCC1. The summed E-state index contributed by atoms with van der Waals surface area (Å²) in [4.78, 5) is 6.63. The third-order valence-electron chi connectivity index (χ3n) is 3.20. The van der Waals surface area contributed by atoms with Crippen LogP contribution in [-0.4, -0.2) is 38.1 Å². The zero-order valence-electron chi connectivity index (χ0n) is 11.1. The summed E-state index contributed by atoms with van der Waals surface area (Å²) in [6.07, 6.45) is 2.53. The van der Waals surface area contributed by atoms with Gasteiger partial charge in [-0.1, -0.05) is 12.1 Å². The fraction of sp³-hybridized carbons (Fsp3) is 0.500. The monoisotopic (exact) mass is 247 g/mol. The smallest absolute Gasteiger partial charge is 0.193 e. The summed E-state index contributed by atoms with van der Waals surface area (Å²) < 4.78 is 5.22. The maximum absolute atomic E-state index is 5.22. The number of hydrogen-bond acceptors (Lipinski definition) is 2. The van der Waals surface area contributed by atoms with Gasteiger partial charge in [0.1, 0.15) is 5.75 Å². The van der Waals surface area contributed by atoms with Crippen LogP contribution >= 0.6 is 0 Å². The van der Waals surface area contributed by atoms with Crippen LogP contribution in [0.3, 0.4) is 0 Å². The minimum atomic E-state index is 0.778. The molecule has 2 rings (SSSR count). The summed E-state index contributed by atoms with van der Waals surface area (Å²) in [6, 6.07) is 8.10. The van der Waals surface area contributed by atoms with E-state index in [9.17, 15) is 0 Å². The van der Waals surface area contributed by atoms with Crippen molar-refractivity contribution in [3.05, 3.63) is 29.8 Å². The lowest BCUT2D eigenvalue weighted by Gasteiger charge is -2.20. The molecule has 1 aromatic carbocycles. The van der Waals surface area contributed by atoms with E-state index in [0.717, 1.165) is 31.3 Å². The molecule has 1 N–H and O–H groups in total. The van der Waals surface area contributed by atoms with Gasteiger partial charge in [-0.15, -0.1) is 0 Å². The van der Waals surface area contributed by atoms with Gasteiger partial charge in [0, 0.05) is 26.7 Å². The van der Waals surface area contributed by atoms with Crippen molar-refractivity contribution in [3.63, 3.8) is 0 Å². The van der Waals surface area contributed by atoms with Gasteiger partial charge in [0.15, 0.2) is 5.96 Å². The molecule has 0 aromatic heterocycles. The first-order chi connectivity index (χ1) is 8.83. The molecule has 1 aliphatic rings. The third-order valence-corrected chi connectivity index (χ3v) is 3.20. The molecule has 1 fully saturated rings. The van der Waals surface area contributed by atoms with Gasteiger partial charge in [-0.2, -0.15) is 0 Å². The first-order valence-corrected chi connectivity index (χ1v) is 6.42. The zero-order chi connectivity index (χ0) is 12.8. The van der Waals surface area contributed by atoms with E-state index in [1.807, 2.05) is 25.2 Å². The molecule has 0 atom stereocenters. The molecule has 0 bridgehead atoms. The number of aliphatic imine (C=N–C) groups is 1. The fourth-order valence-corrected chi connectivity index (χ4v) is 2.22. The Hall–Kier alpha value is -1.71. The second-order valence-corrected chi connectivity index (χ2v) is 4.45. The van der Waals surface area contributed by atoms with Gasteiger partial charge in [0.25, 0.3) is 0 Å². The Bertz CT molecular complexity index is 411. The molecule has 1 heterocycles. The molecular weight excluding hydrogens is 226 g/mol. The summed E-state index contributed by atoms with van der Waals surface area (Å²) in [6.45, 7) is 3.00. The number of nitrogens with one attached hydrogen (secondary N) is 1. The molecule has 0 spiro atoms. The average molecular weight is 247 g/mol. The fourth-order valence-electron chi connectivity index (χ4n) is 2.22. The highest BCUT2D eigenvalue weighted by molar-refractivity contribution is 5.80. The summed E-state index contributed by atoms with van der Waals surface area (Å²) in [5.74, 6) is 1.89. The van der Waals surface area contributed by atoms with E-state index >= 15 is 0 Å². The van der Waals surface area contributed by atoms with Crippen LogP contribution in [0.25, 0.3) is 0 Å². The molecule has 4 nitrogen and oxygen atoms in total. The standard InChI is InChI=1S/C14H21N3O/c1-15-14(17-8-3-4-9-17)16-11-12-6-5-7-13(10-12)18-2/h5-7,10H,3-4,8-9,11H2,1-2H3,(H,15,16). The lowest BCUT2D eigenvalue weighted by molar-refractivity contribution is 0.414. The number of benzene rings is 1. The number of nitrogens with zero attached hydrogens (tertiary/aromatic N) is 2. The Morgan fingerprint density at radius 3 is 2.83 bits per heavy atom. The number of likely N-dealkylation sites (tertiary alicyclic amines) is 1. The minimum absolute atomic E-state index is 0.778. The third kappa shape index (κ3) is 3.15. The Morgan fingerprint density at radius 2 is 2.17 bits per heavy atom. The Morgan fingerprint density at radius 1 is 1.39 bits per heavy atom. The predicted molar refractivity (Wildman–Crippen MR) is 74.0 cm³/mol. The highest BCUT2D eigenvalue weighted by Crippen LogP contribution is 2.13. The van der Waals surface area contributed by atoms with Crippen molar-refractivity contribution in [2.75, 3.05) is 27.2 Å². The van der Waals surface area contributed by atoms with E-state index < -0.39 is 0 Å². The predicted octanol–water partition coefficient (Wildman–Crippen LogP) is 1.87. The molecule has 1 aromatic rings. The van der Waals surface area contributed by atoms with Gasteiger partial charge in [-0.05, 0) is 30.5 Å². The van der Waals surface area contributed by atoms with E-state index in [1.165, 1.54) is 18.4 Å². The van der Waals surface area contributed by atoms with E-state index in [0.29, 0.717) is 0 Å². The van der Waals surface area contributed by atoms with E-state index in [-0.39, 0.29) is 0 Å². The zero-order valence-corrected chi connectivity index (χ0v) is 11.1. The molecule has 0 radical (unpaired) electrons. The average Bonchev–Trinajstić information content (AvgIpc) is 2.94. The molecule has 0 aliphatic carbocycles. The first kappa shape index (κ1) is 12.7. The summed E-state index contributed by atoms with van der Waals surface area (Å²) in [5, 5.41) is 3.40. The van der Waals surface area contributed by atoms with Gasteiger partial charge in [0.2, 0.25) is 0 Å². The Labute approximate surface area is 109 Å². The molecule has 0 saturated carbocycles. The van der Waals surface area contributed by atoms with Crippen molar-refractivity contribution in [2.24, 2.45) is 4.99 Å². The quantitative estimate of drug-likeness (QED) is 0.654. The molecular formula is C14H21N3O. The van der Waals surface area contributed by atoms with E-state index in [2.05, 4.69) is 21.3 Å². The highest BCUT2D eigenvalue weighted by atomic mass is 16.5. The van der Waals surface area contributed by atoms with Crippen LogP contribution in [0.2, 0.25) is 0 Å². The van der Waals surface area contributed by atoms with Crippen LogP contribution in [-0.2, 0) is 6.54 Å². The van der Waals surface area contributed by atoms with Crippen molar-refractivity contribution in [1.29, 1.82) is 0 Å². The number of guanidine groups is 1. The second-order valence-electron chi connectivity index (χ2n) is 4.45. The summed E-state index contributed by atoms with van der Waals surface area (Å²) in [5.41, 5.74) is 1.20. The van der Waals surface area contributed by atoms with Crippen molar-refractivity contribution in [1.82, 2.24) is 10.2 Å². The normalized spacial score (nSPS) is 15.9. The lowest BCUT2D eigenvalue weighted by atomic mass is 10.2. The summed E-state index contributed by atoms with van der Waals surface area (Å²) in [7, 11) is 3.53. The number of methoxy groups -OCH3 is 1. The Kier molecular flexibility index (Phi) is 4.45. The molecule has 18 heavy (non-hydrogen) atoms. The second kappa shape index (κ2) is 6.28. The van der Waals surface area contributed by atoms with Crippen molar-refractivity contribution < 1.29 is 4.74 Å². The summed E-state index contributed by atoms with van der Waals surface area (Å²) >= 11 is 0. The Balaban J connectivity index is 1.92. The number of ether oxygens (including phenoxy) is 1. The van der Waals surface area contributed by atoms with Crippen LogP contribution in [0.15, 0.2) is 29.3 Å².